The third-order valence-electron chi connectivity index (χ3n) is 3.24. The minimum absolute atomic E-state index is 0.125. The monoisotopic (exact) mass is 289 g/mol. The quantitative estimate of drug-likeness (QED) is 0.484. The van der Waals surface area contributed by atoms with E-state index in [0.717, 1.165) is 31.5 Å². The van der Waals surface area contributed by atoms with Crippen LogP contribution in [0.15, 0.2) is 30.9 Å². The number of rotatable bonds is 10. The Morgan fingerprint density at radius 3 is 2.52 bits per heavy atom. The summed E-state index contributed by atoms with van der Waals surface area (Å²) in [5.41, 5.74) is 1.75. The molecule has 1 aromatic carbocycles. The molecule has 0 unspecified atom stereocenters. The summed E-state index contributed by atoms with van der Waals surface area (Å²) in [5, 5.41) is 0. The molecule has 0 aliphatic rings. The zero-order valence-electron chi connectivity index (χ0n) is 13.5. The van der Waals surface area contributed by atoms with E-state index >= 15 is 0 Å². The van der Waals surface area contributed by atoms with E-state index in [0.29, 0.717) is 24.5 Å². The van der Waals surface area contributed by atoms with Crippen LogP contribution < -0.4 is 4.74 Å². The molecule has 1 aromatic rings. The van der Waals surface area contributed by atoms with Crippen LogP contribution in [0.4, 0.5) is 0 Å². The number of aryl methyl sites for hydroxylation is 1. The van der Waals surface area contributed by atoms with Crippen molar-refractivity contribution in [3.8, 4) is 5.75 Å². The second-order valence-corrected chi connectivity index (χ2v) is 5.30. The number of carbonyl (C=O) groups excluding carboxylic acids is 1. The topological polar surface area (TPSA) is 29.5 Å². The lowest BCUT2D eigenvalue weighted by Gasteiger charge is -2.20. The average Bonchev–Trinajstić information content (AvgIpc) is 2.46. The lowest BCUT2D eigenvalue weighted by atomic mass is 10.1. The summed E-state index contributed by atoms with van der Waals surface area (Å²) in [6, 6.07) is 5.75. The van der Waals surface area contributed by atoms with Crippen molar-refractivity contribution < 1.29 is 9.53 Å². The Kier molecular flexibility index (Phi) is 7.76. The first kappa shape index (κ1) is 17.4. The van der Waals surface area contributed by atoms with Gasteiger partial charge in [0, 0.05) is 0 Å². The highest BCUT2D eigenvalue weighted by atomic mass is 16.5. The minimum Gasteiger partial charge on any atom is -0.489 e. The fraction of sp³-hybridized carbons (Fsp3) is 0.500. The highest BCUT2D eigenvalue weighted by molar-refractivity contribution is 6.00. The van der Waals surface area contributed by atoms with Gasteiger partial charge in [-0.3, -0.25) is 9.69 Å². The summed E-state index contributed by atoms with van der Waals surface area (Å²) in [5.74, 6) is 0.776. The van der Waals surface area contributed by atoms with Crippen LogP contribution >= 0.6 is 0 Å². The summed E-state index contributed by atoms with van der Waals surface area (Å²) >= 11 is 0. The van der Waals surface area contributed by atoms with Crippen LogP contribution in [-0.2, 0) is 0 Å². The molecule has 3 nitrogen and oxygen atoms in total. The Morgan fingerprint density at radius 1 is 1.29 bits per heavy atom. The zero-order valence-corrected chi connectivity index (χ0v) is 13.5. The highest BCUT2D eigenvalue weighted by Gasteiger charge is 2.16. The predicted octanol–water partition coefficient (Wildman–Crippen LogP) is 3.86. The molecule has 0 atom stereocenters. The van der Waals surface area contributed by atoms with Gasteiger partial charge < -0.3 is 4.74 Å². The van der Waals surface area contributed by atoms with E-state index in [-0.39, 0.29) is 5.78 Å². The molecule has 0 heterocycles. The Balaban J connectivity index is 2.88. The van der Waals surface area contributed by atoms with Gasteiger partial charge in [0.05, 0.1) is 12.1 Å². The lowest BCUT2D eigenvalue weighted by Crippen LogP contribution is -2.31. The number of carbonyl (C=O) groups is 1. The molecule has 21 heavy (non-hydrogen) atoms. The van der Waals surface area contributed by atoms with Crippen molar-refractivity contribution in [1.29, 1.82) is 0 Å². The Labute approximate surface area is 128 Å². The predicted molar refractivity (Wildman–Crippen MR) is 88.2 cm³/mol. The first-order chi connectivity index (χ1) is 10.1. The number of Topliss-reactive ketones (excluding diaryl/α,β-unsaturated/α-hetero) is 1. The normalized spacial score (nSPS) is 10.7. The van der Waals surface area contributed by atoms with E-state index in [1.165, 1.54) is 0 Å². The molecule has 0 aromatic heterocycles. The van der Waals surface area contributed by atoms with Crippen molar-refractivity contribution in [3.05, 3.63) is 42.0 Å². The summed E-state index contributed by atoms with van der Waals surface area (Å²) < 4.78 is 5.61. The van der Waals surface area contributed by atoms with E-state index in [9.17, 15) is 4.79 Å². The van der Waals surface area contributed by atoms with E-state index in [2.05, 4.69) is 25.3 Å². The van der Waals surface area contributed by atoms with Crippen LogP contribution in [0.25, 0.3) is 0 Å². The molecule has 0 saturated carbocycles. The number of ketones is 1. The van der Waals surface area contributed by atoms with Crippen LogP contribution in [0.2, 0.25) is 0 Å². The van der Waals surface area contributed by atoms with Crippen LogP contribution in [0, 0.1) is 6.92 Å². The summed E-state index contributed by atoms with van der Waals surface area (Å²) in [6.07, 6.45) is 3.80. The molecule has 1 rings (SSSR count). The van der Waals surface area contributed by atoms with Crippen LogP contribution in [0.5, 0.6) is 5.75 Å². The van der Waals surface area contributed by atoms with E-state index in [1.807, 2.05) is 25.1 Å². The Hall–Kier alpha value is -1.61. The molecule has 0 bridgehead atoms. The lowest BCUT2D eigenvalue weighted by molar-refractivity contribution is 0.0927. The number of nitrogens with zero attached hydrogens (tertiary/aromatic N) is 1. The largest absolute Gasteiger partial charge is 0.489 e. The second-order valence-electron chi connectivity index (χ2n) is 5.30. The Bertz CT molecular complexity index is 462. The van der Waals surface area contributed by atoms with E-state index in [1.54, 1.807) is 6.08 Å². The maximum atomic E-state index is 12.6. The van der Waals surface area contributed by atoms with Crippen molar-refractivity contribution in [2.24, 2.45) is 0 Å². The van der Waals surface area contributed by atoms with Crippen LogP contribution in [0.1, 0.15) is 42.6 Å². The van der Waals surface area contributed by atoms with Gasteiger partial charge in [-0.15, -0.1) is 0 Å². The summed E-state index contributed by atoms with van der Waals surface area (Å²) in [7, 11) is 0. The van der Waals surface area contributed by atoms with Crippen LogP contribution in [-0.4, -0.2) is 36.9 Å². The van der Waals surface area contributed by atoms with Gasteiger partial charge in [0.1, 0.15) is 12.4 Å². The van der Waals surface area contributed by atoms with Gasteiger partial charge in [0.15, 0.2) is 5.78 Å². The number of hydrogen-bond acceptors (Lipinski definition) is 3. The maximum absolute atomic E-state index is 12.6. The average molecular weight is 289 g/mol. The molecule has 0 fully saturated rings. The van der Waals surface area contributed by atoms with Crippen molar-refractivity contribution in [2.75, 3.05) is 26.2 Å². The third kappa shape index (κ3) is 5.72. The molecule has 0 radical (unpaired) electrons. The van der Waals surface area contributed by atoms with Gasteiger partial charge >= 0.3 is 0 Å². The zero-order chi connectivity index (χ0) is 15.7. The highest BCUT2D eigenvalue weighted by Crippen LogP contribution is 2.21. The maximum Gasteiger partial charge on any atom is 0.180 e. The fourth-order valence-corrected chi connectivity index (χ4v) is 2.33. The molecule has 3 heteroatoms. The molecule has 0 saturated heterocycles. The molecule has 116 valence electrons. The SMILES string of the molecule is C=CCOc1ccc(C)cc1C(=O)CN(CCC)CCC. The van der Waals surface area contributed by atoms with Crippen molar-refractivity contribution in [1.82, 2.24) is 4.90 Å². The molecule has 0 aliphatic heterocycles. The van der Waals surface area contributed by atoms with Gasteiger partial charge in [-0.2, -0.15) is 0 Å². The van der Waals surface area contributed by atoms with Gasteiger partial charge in [0.25, 0.3) is 0 Å². The van der Waals surface area contributed by atoms with Gasteiger partial charge in [-0.25, -0.2) is 0 Å². The van der Waals surface area contributed by atoms with Gasteiger partial charge in [-0.1, -0.05) is 38.1 Å². The standard InChI is InChI=1S/C18H27NO2/c1-5-10-19(11-6-2)14-17(20)16-13-15(4)8-9-18(16)21-12-7-3/h7-9,13H,3,5-6,10-12,14H2,1-2,4H3. The Morgan fingerprint density at radius 2 is 1.95 bits per heavy atom. The van der Waals surface area contributed by atoms with E-state index < -0.39 is 0 Å². The number of benzene rings is 1. The van der Waals surface area contributed by atoms with E-state index in [4.69, 9.17) is 4.74 Å². The molecular formula is C18H27NO2. The van der Waals surface area contributed by atoms with Crippen LogP contribution in [0.3, 0.4) is 0 Å². The number of ether oxygens (including phenoxy) is 1. The minimum atomic E-state index is 0.125. The molecular weight excluding hydrogens is 262 g/mol. The third-order valence-corrected chi connectivity index (χ3v) is 3.24. The first-order valence-electron chi connectivity index (χ1n) is 7.72. The van der Waals surface area contributed by atoms with Gasteiger partial charge in [-0.05, 0) is 45.0 Å². The smallest absolute Gasteiger partial charge is 0.180 e. The first-order valence-corrected chi connectivity index (χ1v) is 7.72. The van der Waals surface area contributed by atoms with Gasteiger partial charge in [0.2, 0.25) is 0 Å². The molecule has 0 N–H and O–H groups in total. The molecule has 0 aliphatic carbocycles. The van der Waals surface area contributed by atoms with Crippen molar-refractivity contribution in [2.45, 2.75) is 33.6 Å². The summed E-state index contributed by atoms with van der Waals surface area (Å²) in [4.78, 5) is 14.8. The number of hydrogen-bond donors (Lipinski definition) is 0. The second kappa shape index (κ2) is 9.35. The molecule has 0 spiro atoms. The molecule has 0 amide bonds. The fourth-order valence-electron chi connectivity index (χ4n) is 2.33. The van der Waals surface area contributed by atoms with Crippen molar-refractivity contribution in [3.63, 3.8) is 0 Å². The van der Waals surface area contributed by atoms with Crippen molar-refractivity contribution >= 4 is 5.78 Å². The summed E-state index contributed by atoms with van der Waals surface area (Å²) in [6.45, 7) is 12.7.